The lowest BCUT2D eigenvalue weighted by molar-refractivity contribution is -0.118. The van der Waals surface area contributed by atoms with Crippen LogP contribution in [0.5, 0.6) is 0 Å². The van der Waals surface area contributed by atoms with E-state index in [1.165, 1.54) is 0 Å². The van der Waals surface area contributed by atoms with Gasteiger partial charge in [-0.3, -0.25) is 9.59 Å². The quantitative estimate of drug-likeness (QED) is 0.386. The summed E-state index contributed by atoms with van der Waals surface area (Å²) in [6.45, 7) is 10.9. The molecule has 4 nitrogen and oxygen atoms in total. The van der Waals surface area contributed by atoms with Gasteiger partial charge in [0, 0.05) is 24.2 Å². The van der Waals surface area contributed by atoms with Crippen molar-refractivity contribution in [1.29, 1.82) is 0 Å². The molecule has 1 rings (SSSR count). The molecule has 0 aliphatic carbocycles. The minimum atomic E-state index is -0.0657. The fraction of sp³-hybridized carbons (Fsp3) is 0.273. The van der Waals surface area contributed by atoms with E-state index in [9.17, 15) is 9.59 Å². The van der Waals surface area contributed by atoms with Crippen LogP contribution in [0.25, 0.3) is 0 Å². The molecule has 0 saturated heterocycles. The van der Waals surface area contributed by atoms with Gasteiger partial charge in [-0.1, -0.05) is 135 Å². The van der Waals surface area contributed by atoms with Crippen LogP contribution in [0.15, 0.2) is 132 Å². The summed E-state index contributed by atoms with van der Waals surface area (Å²) < 4.78 is 0. The van der Waals surface area contributed by atoms with Crippen molar-refractivity contribution in [2.24, 2.45) is 11.8 Å². The average molecular weight is 499 g/mol. The van der Waals surface area contributed by atoms with Crippen molar-refractivity contribution in [3.05, 3.63) is 132 Å². The molecular formula is C33H42N2O2. The number of hydrogen-bond acceptors (Lipinski definition) is 2. The van der Waals surface area contributed by atoms with Crippen LogP contribution in [0, 0.1) is 11.8 Å². The van der Waals surface area contributed by atoms with Crippen LogP contribution in [-0.4, -0.2) is 24.9 Å². The molecule has 2 amide bonds. The van der Waals surface area contributed by atoms with Crippen LogP contribution in [0.3, 0.4) is 0 Å². The Morgan fingerprint density at radius 3 is 1.41 bits per heavy atom. The number of nitrogens with one attached hydrogen (secondary N) is 2. The molecule has 2 atom stereocenters. The summed E-state index contributed by atoms with van der Waals surface area (Å²) in [4.78, 5) is 24.6. The SMILES string of the molecule is CC1=CC=CC=CC=CC=C[C@H](C)CNC(=O)C(C)=CC=CC=CC=CC=C[C@H](C)CNC(=O)C(C)=C1. The number of hydrogen-bond donors (Lipinski definition) is 2. The van der Waals surface area contributed by atoms with E-state index in [4.69, 9.17) is 0 Å². The van der Waals surface area contributed by atoms with Gasteiger partial charge < -0.3 is 10.6 Å². The van der Waals surface area contributed by atoms with E-state index in [0.29, 0.717) is 24.2 Å². The first-order valence-electron chi connectivity index (χ1n) is 12.7. The van der Waals surface area contributed by atoms with Crippen LogP contribution < -0.4 is 10.6 Å². The van der Waals surface area contributed by atoms with Gasteiger partial charge in [0.05, 0.1) is 0 Å². The molecular weight excluding hydrogens is 456 g/mol. The molecule has 0 saturated carbocycles. The molecule has 1 heterocycles. The Morgan fingerprint density at radius 2 is 0.919 bits per heavy atom. The maximum atomic E-state index is 12.4. The van der Waals surface area contributed by atoms with Gasteiger partial charge in [-0.05, 0) is 32.6 Å². The Kier molecular flexibility index (Phi) is 16.2. The number of rotatable bonds is 0. The molecule has 1 aliphatic rings. The zero-order chi connectivity index (χ0) is 27.3. The second-order valence-electron chi connectivity index (χ2n) is 9.04. The van der Waals surface area contributed by atoms with Crippen LogP contribution in [-0.2, 0) is 9.59 Å². The van der Waals surface area contributed by atoms with Crippen LogP contribution in [0.2, 0.25) is 0 Å². The highest BCUT2D eigenvalue weighted by atomic mass is 16.2. The molecule has 4 heteroatoms. The normalized spacial score (nSPS) is 21.6. The second-order valence-corrected chi connectivity index (χ2v) is 9.04. The van der Waals surface area contributed by atoms with Crippen LogP contribution in [0.4, 0.5) is 0 Å². The molecule has 196 valence electrons. The molecule has 0 aromatic rings. The van der Waals surface area contributed by atoms with E-state index >= 15 is 0 Å². The Labute approximate surface area is 223 Å². The van der Waals surface area contributed by atoms with Crippen molar-refractivity contribution in [3.8, 4) is 0 Å². The lowest BCUT2D eigenvalue weighted by atomic mass is 10.1. The third kappa shape index (κ3) is 16.4. The predicted molar refractivity (Wildman–Crippen MR) is 159 cm³/mol. The van der Waals surface area contributed by atoms with E-state index in [1.54, 1.807) is 13.0 Å². The van der Waals surface area contributed by atoms with Gasteiger partial charge in [0.2, 0.25) is 11.8 Å². The Balaban J connectivity index is 2.92. The van der Waals surface area contributed by atoms with Crippen molar-refractivity contribution < 1.29 is 9.59 Å². The van der Waals surface area contributed by atoms with E-state index in [1.807, 2.05) is 111 Å². The first-order chi connectivity index (χ1) is 17.8. The van der Waals surface area contributed by atoms with Crippen molar-refractivity contribution in [1.82, 2.24) is 10.6 Å². The maximum Gasteiger partial charge on any atom is 0.246 e. The first-order valence-corrected chi connectivity index (χ1v) is 12.7. The molecule has 0 aromatic heterocycles. The number of amides is 2. The third-order valence-electron chi connectivity index (χ3n) is 5.25. The minimum Gasteiger partial charge on any atom is -0.352 e. The monoisotopic (exact) mass is 498 g/mol. The molecule has 0 spiro atoms. The Bertz CT molecular complexity index is 1070. The lowest BCUT2D eigenvalue weighted by Gasteiger charge is -2.09. The van der Waals surface area contributed by atoms with E-state index in [2.05, 4.69) is 36.6 Å². The highest BCUT2D eigenvalue weighted by Crippen LogP contribution is 2.04. The largest absolute Gasteiger partial charge is 0.352 e. The summed E-state index contributed by atoms with van der Waals surface area (Å²) >= 11 is 0. The summed E-state index contributed by atoms with van der Waals surface area (Å²) in [7, 11) is 0. The van der Waals surface area contributed by atoms with Gasteiger partial charge >= 0.3 is 0 Å². The van der Waals surface area contributed by atoms with E-state index in [-0.39, 0.29) is 23.7 Å². The summed E-state index contributed by atoms with van der Waals surface area (Å²) in [5.74, 6) is 0.309. The zero-order valence-electron chi connectivity index (χ0n) is 22.9. The topological polar surface area (TPSA) is 58.2 Å². The average Bonchev–Trinajstić information content (AvgIpc) is 2.87. The van der Waals surface area contributed by atoms with Crippen molar-refractivity contribution >= 4 is 11.8 Å². The molecule has 0 radical (unpaired) electrons. The van der Waals surface area contributed by atoms with Gasteiger partial charge in [-0.2, -0.15) is 0 Å². The molecule has 2 N–H and O–H groups in total. The highest BCUT2D eigenvalue weighted by molar-refractivity contribution is 5.93. The fourth-order valence-corrected chi connectivity index (χ4v) is 3.01. The number of carbonyl (C=O) groups is 2. The van der Waals surface area contributed by atoms with Crippen LogP contribution >= 0.6 is 0 Å². The predicted octanol–water partition coefficient (Wildman–Crippen LogP) is 6.79. The molecule has 0 aromatic carbocycles. The number of carbonyl (C=O) groups excluding carboxylic acids is 2. The molecule has 0 unspecified atom stereocenters. The smallest absolute Gasteiger partial charge is 0.246 e. The van der Waals surface area contributed by atoms with Gasteiger partial charge in [-0.15, -0.1) is 0 Å². The minimum absolute atomic E-state index is 0.0592. The van der Waals surface area contributed by atoms with Gasteiger partial charge in [0.25, 0.3) is 0 Å². The van der Waals surface area contributed by atoms with E-state index in [0.717, 1.165) is 5.57 Å². The molecule has 37 heavy (non-hydrogen) atoms. The van der Waals surface area contributed by atoms with Crippen molar-refractivity contribution in [2.75, 3.05) is 13.1 Å². The zero-order valence-corrected chi connectivity index (χ0v) is 22.9. The Hall–Kier alpha value is -3.92. The molecule has 1 aliphatic heterocycles. The summed E-state index contributed by atoms with van der Waals surface area (Å²) in [6, 6.07) is 0. The molecule has 0 bridgehead atoms. The maximum absolute atomic E-state index is 12.4. The van der Waals surface area contributed by atoms with Gasteiger partial charge in [0.15, 0.2) is 0 Å². The fourth-order valence-electron chi connectivity index (χ4n) is 3.01. The summed E-state index contributed by atoms with van der Waals surface area (Å²) in [6.07, 6.45) is 36.9. The Morgan fingerprint density at radius 1 is 0.541 bits per heavy atom. The van der Waals surface area contributed by atoms with Gasteiger partial charge in [0.1, 0.15) is 0 Å². The van der Waals surface area contributed by atoms with Gasteiger partial charge in [-0.25, -0.2) is 0 Å². The van der Waals surface area contributed by atoms with Crippen molar-refractivity contribution in [3.63, 3.8) is 0 Å². The van der Waals surface area contributed by atoms with Crippen LogP contribution in [0.1, 0.15) is 34.6 Å². The third-order valence-corrected chi connectivity index (χ3v) is 5.25. The standard InChI is InChI=1S/C33H42N2O2/c1-27-20-16-12-8-6-9-13-17-21-28(2)25-34-32(36)30(4)23-19-15-11-7-10-14-18-22-29(3)26-35-33(37)31(5)24-27/h6-24,28-29H,25-26H2,1-5H3,(H,34,36)(H,35,37)/t28-,29-/m0/s1. The summed E-state index contributed by atoms with van der Waals surface area (Å²) in [5.41, 5.74) is 2.34. The van der Waals surface area contributed by atoms with Crippen molar-refractivity contribution in [2.45, 2.75) is 34.6 Å². The molecule has 0 fully saturated rings. The second kappa shape index (κ2) is 19.3. The highest BCUT2D eigenvalue weighted by Gasteiger charge is 2.05. The number of allylic oxidation sites excluding steroid dienone is 18. The van der Waals surface area contributed by atoms with E-state index < -0.39 is 0 Å². The lowest BCUT2D eigenvalue weighted by Crippen LogP contribution is -2.28. The first kappa shape index (κ1) is 31.1. The summed E-state index contributed by atoms with van der Waals surface area (Å²) in [5, 5.41) is 5.95.